The molecule has 0 spiro atoms. The second kappa shape index (κ2) is 8.79. The van der Waals surface area contributed by atoms with Gasteiger partial charge >= 0.3 is 0 Å². The third-order valence-corrected chi connectivity index (χ3v) is 5.91. The maximum Gasteiger partial charge on any atom is 0.264 e. The zero-order valence-electron chi connectivity index (χ0n) is 16.7. The number of amides is 1. The number of carbonyl (C=O) groups is 1. The SMILES string of the molecule is COc1ccc(CN(C(=O)c2ccc(C)s2)C2CCCC2)cc1OC(C)C. The molecule has 2 aromatic rings. The minimum Gasteiger partial charge on any atom is -0.493 e. The monoisotopic (exact) mass is 387 g/mol. The molecular weight excluding hydrogens is 358 g/mol. The van der Waals surface area contributed by atoms with Gasteiger partial charge in [-0.25, -0.2) is 0 Å². The van der Waals surface area contributed by atoms with E-state index in [1.807, 2.05) is 51.1 Å². The molecule has 4 nitrogen and oxygen atoms in total. The first-order valence-corrected chi connectivity index (χ1v) is 10.5. The number of ether oxygens (including phenoxy) is 2. The number of hydrogen-bond acceptors (Lipinski definition) is 4. The Morgan fingerprint density at radius 3 is 2.52 bits per heavy atom. The molecule has 1 aromatic heterocycles. The Hall–Kier alpha value is -2.01. The standard InChI is InChI=1S/C22H29NO3S/c1-15(2)26-20-13-17(10-11-19(20)25-4)14-23(18-7-5-6-8-18)22(24)21-12-9-16(3)27-21/h9-13,15,18H,5-8,14H2,1-4H3. The van der Waals surface area contributed by atoms with E-state index in [4.69, 9.17) is 9.47 Å². The van der Waals surface area contributed by atoms with E-state index < -0.39 is 0 Å². The molecule has 1 saturated carbocycles. The van der Waals surface area contributed by atoms with Crippen LogP contribution in [0.3, 0.4) is 0 Å². The smallest absolute Gasteiger partial charge is 0.264 e. The summed E-state index contributed by atoms with van der Waals surface area (Å²) in [4.78, 5) is 17.3. The van der Waals surface area contributed by atoms with Gasteiger partial charge in [-0.2, -0.15) is 0 Å². The van der Waals surface area contributed by atoms with Gasteiger partial charge in [0.25, 0.3) is 5.91 Å². The van der Waals surface area contributed by atoms with Crippen LogP contribution in [0, 0.1) is 6.92 Å². The molecule has 1 amide bonds. The zero-order valence-corrected chi connectivity index (χ0v) is 17.5. The number of thiophene rings is 1. The maximum atomic E-state index is 13.2. The van der Waals surface area contributed by atoms with Crippen molar-refractivity contribution in [1.29, 1.82) is 0 Å². The van der Waals surface area contributed by atoms with Gasteiger partial charge < -0.3 is 14.4 Å². The summed E-state index contributed by atoms with van der Waals surface area (Å²) in [5.74, 6) is 1.60. The van der Waals surface area contributed by atoms with Crippen LogP contribution in [0.4, 0.5) is 0 Å². The van der Waals surface area contributed by atoms with Gasteiger partial charge in [0, 0.05) is 17.5 Å². The predicted octanol–water partition coefficient (Wildman–Crippen LogP) is 5.44. The lowest BCUT2D eigenvalue weighted by Gasteiger charge is -2.29. The van der Waals surface area contributed by atoms with Gasteiger partial charge in [0.15, 0.2) is 11.5 Å². The Bertz CT molecular complexity index is 778. The Morgan fingerprint density at radius 2 is 1.93 bits per heavy atom. The normalized spacial score (nSPS) is 14.6. The van der Waals surface area contributed by atoms with Crippen LogP contribution in [-0.4, -0.2) is 30.1 Å². The van der Waals surface area contributed by atoms with Gasteiger partial charge in [-0.15, -0.1) is 11.3 Å². The van der Waals surface area contributed by atoms with E-state index in [9.17, 15) is 4.79 Å². The summed E-state index contributed by atoms with van der Waals surface area (Å²) >= 11 is 1.58. The van der Waals surface area contributed by atoms with E-state index in [-0.39, 0.29) is 12.0 Å². The largest absolute Gasteiger partial charge is 0.493 e. The highest BCUT2D eigenvalue weighted by atomic mass is 32.1. The fraction of sp³-hybridized carbons (Fsp3) is 0.500. The van der Waals surface area contributed by atoms with Crippen molar-refractivity contribution in [3.63, 3.8) is 0 Å². The molecule has 0 atom stereocenters. The van der Waals surface area contributed by atoms with Crippen molar-refractivity contribution < 1.29 is 14.3 Å². The first-order chi connectivity index (χ1) is 13.0. The number of hydrogen-bond donors (Lipinski definition) is 0. The lowest BCUT2D eigenvalue weighted by Crippen LogP contribution is -2.38. The van der Waals surface area contributed by atoms with Crippen LogP contribution in [0.15, 0.2) is 30.3 Å². The highest BCUT2D eigenvalue weighted by Crippen LogP contribution is 2.32. The molecule has 0 N–H and O–H groups in total. The van der Waals surface area contributed by atoms with Gasteiger partial charge in [0.2, 0.25) is 0 Å². The van der Waals surface area contributed by atoms with E-state index in [2.05, 4.69) is 4.90 Å². The zero-order chi connectivity index (χ0) is 19.4. The fourth-order valence-electron chi connectivity index (χ4n) is 3.64. The van der Waals surface area contributed by atoms with Crippen molar-refractivity contribution >= 4 is 17.2 Å². The van der Waals surface area contributed by atoms with Gasteiger partial charge in [0.05, 0.1) is 18.1 Å². The molecule has 0 unspecified atom stereocenters. The van der Waals surface area contributed by atoms with Crippen molar-refractivity contribution in [3.05, 3.63) is 45.6 Å². The molecule has 5 heteroatoms. The molecule has 1 heterocycles. The number of benzene rings is 1. The van der Waals surface area contributed by atoms with Crippen LogP contribution in [0.5, 0.6) is 11.5 Å². The van der Waals surface area contributed by atoms with Gasteiger partial charge in [-0.3, -0.25) is 4.79 Å². The first kappa shape index (κ1) is 19.7. The van der Waals surface area contributed by atoms with E-state index in [0.717, 1.165) is 34.8 Å². The molecule has 1 aliphatic carbocycles. The second-order valence-electron chi connectivity index (χ2n) is 7.43. The maximum absolute atomic E-state index is 13.2. The van der Waals surface area contributed by atoms with Crippen molar-refractivity contribution in [2.75, 3.05) is 7.11 Å². The van der Waals surface area contributed by atoms with E-state index in [1.165, 1.54) is 17.7 Å². The topological polar surface area (TPSA) is 38.8 Å². The minimum atomic E-state index is 0.0656. The van der Waals surface area contributed by atoms with Crippen molar-refractivity contribution in [3.8, 4) is 11.5 Å². The summed E-state index contributed by atoms with van der Waals surface area (Å²) in [5, 5.41) is 0. The van der Waals surface area contributed by atoms with Gasteiger partial charge in [-0.1, -0.05) is 18.9 Å². The quantitative estimate of drug-likeness (QED) is 0.635. The summed E-state index contributed by atoms with van der Waals surface area (Å²) in [6, 6.07) is 10.3. The number of nitrogens with zero attached hydrogens (tertiary/aromatic N) is 1. The molecule has 27 heavy (non-hydrogen) atoms. The predicted molar refractivity (Wildman–Crippen MR) is 110 cm³/mol. The van der Waals surface area contributed by atoms with Crippen LogP contribution in [0.1, 0.15) is 59.6 Å². The fourth-order valence-corrected chi connectivity index (χ4v) is 4.46. The molecular formula is C22H29NO3S. The summed E-state index contributed by atoms with van der Waals surface area (Å²) in [7, 11) is 1.65. The van der Waals surface area contributed by atoms with Crippen molar-refractivity contribution in [2.24, 2.45) is 0 Å². The highest BCUT2D eigenvalue weighted by molar-refractivity contribution is 7.13. The van der Waals surface area contributed by atoms with Crippen LogP contribution in [-0.2, 0) is 6.54 Å². The van der Waals surface area contributed by atoms with E-state index in [0.29, 0.717) is 12.6 Å². The average Bonchev–Trinajstić information content (AvgIpc) is 3.30. The first-order valence-electron chi connectivity index (χ1n) is 9.69. The lowest BCUT2D eigenvalue weighted by atomic mass is 10.1. The Morgan fingerprint density at radius 1 is 1.19 bits per heavy atom. The number of rotatable bonds is 7. The molecule has 0 radical (unpaired) electrons. The van der Waals surface area contributed by atoms with E-state index in [1.54, 1.807) is 18.4 Å². The number of carbonyl (C=O) groups excluding carboxylic acids is 1. The van der Waals surface area contributed by atoms with Crippen LogP contribution in [0.25, 0.3) is 0 Å². The molecule has 0 bridgehead atoms. The lowest BCUT2D eigenvalue weighted by molar-refractivity contribution is 0.0669. The number of aryl methyl sites for hydroxylation is 1. The Labute approximate surface area is 166 Å². The van der Waals surface area contributed by atoms with Crippen molar-refractivity contribution in [1.82, 2.24) is 4.90 Å². The average molecular weight is 388 g/mol. The summed E-state index contributed by atoms with van der Waals surface area (Å²) in [5.41, 5.74) is 1.07. The molecule has 0 saturated heterocycles. The Balaban J connectivity index is 1.86. The molecule has 0 aliphatic heterocycles. The second-order valence-corrected chi connectivity index (χ2v) is 8.72. The van der Waals surface area contributed by atoms with Crippen LogP contribution < -0.4 is 9.47 Å². The summed E-state index contributed by atoms with van der Waals surface area (Å²) < 4.78 is 11.3. The van der Waals surface area contributed by atoms with Crippen LogP contribution >= 0.6 is 11.3 Å². The third kappa shape index (κ3) is 4.83. The molecule has 1 fully saturated rings. The van der Waals surface area contributed by atoms with E-state index >= 15 is 0 Å². The summed E-state index contributed by atoms with van der Waals surface area (Å²) in [6.07, 6.45) is 4.63. The van der Waals surface area contributed by atoms with Gasteiger partial charge in [-0.05, 0) is 63.4 Å². The molecule has 1 aromatic carbocycles. The molecule has 3 rings (SSSR count). The Kier molecular flexibility index (Phi) is 6.42. The third-order valence-electron chi connectivity index (χ3n) is 4.92. The molecule has 1 aliphatic rings. The van der Waals surface area contributed by atoms with Crippen molar-refractivity contribution in [2.45, 2.75) is 65.1 Å². The summed E-state index contributed by atoms with van der Waals surface area (Å²) in [6.45, 7) is 6.64. The van der Waals surface area contributed by atoms with Gasteiger partial charge in [0.1, 0.15) is 0 Å². The molecule has 146 valence electrons. The minimum absolute atomic E-state index is 0.0656. The highest BCUT2D eigenvalue weighted by Gasteiger charge is 2.28. The van der Waals surface area contributed by atoms with Crippen LogP contribution in [0.2, 0.25) is 0 Å². The number of methoxy groups -OCH3 is 1.